The van der Waals surface area contributed by atoms with E-state index in [9.17, 15) is 8.42 Å². The molecule has 0 radical (unpaired) electrons. The Bertz CT molecular complexity index is 661. The first-order valence-electron chi connectivity index (χ1n) is 8.09. The van der Waals surface area contributed by atoms with Crippen LogP contribution in [0.5, 0.6) is 0 Å². The Labute approximate surface area is 143 Å². The normalized spacial score (nSPS) is 25.0. The number of sulfonamides is 1. The third kappa shape index (κ3) is 3.11. The highest BCUT2D eigenvalue weighted by Crippen LogP contribution is 2.37. The maximum atomic E-state index is 12.7. The Morgan fingerprint density at radius 3 is 2.17 bits per heavy atom. The van der Waals surface area contributed by atoms with E-state index in [2.05, 4.69) is 0 Å². The van der Waals surface area contributed by atoms with E-state index in [0.29, 0.717) is 17.3 Å². The molecule has 3 rings (SSSR count). The zero-order valence-corrected chi connectivity index (χ0v) is 15.8. The summed E-state index contributed by atoms with van der Waals surface area (Å²) in [6.45, 7) is 9.20. The second kappa shape index (κ2) is 5.84. The van der Waals surface area contributed by atoms with Crippen molar-refractivity contribution in [1.82, 2.24) is 4.31 Å². The Kier molecular flexibility index (Phi) is 4.42. The Balaban J connectivity index is 1.81. The van der Waals surface area contributed by atoms with Crippen LogP contribution in [0.4, 0.5) is 0 Å². The van der Waals surface area contributed by atoms with Gasteiger partial charge in [-0.25, -0.2) is 8.42 Å². The number of hydrogen-bond donors (Lipinski definition) is 0. The summed E-state index contributed by atoms with van der Waals surface area (Å²) in [7, 11) is -3.89. The van der Waals surface area contributed by atoms with E-state index >= 15 is 0 Å². The van der Waals surface area contributed by atoms with Crippen LogP contribution in [-0.2, 0) is 19.3 Å². The van der Waals surface area contributed by atoms with E-state index < -0.39 is 28.3 Å². The molecule has 23 heavy (non-hydrogen) atoms. The van der Waals surface area contributed by atoms with Crippen LogP contribution < -0.4 is 4.78 Å². The molecule has 0 aromatic carbocycles. The molecule has 0 amide bonds. The molecule has 0 atom stereocenters. The van der Waals surface area contributed by atoms with Crippen molar-refractivity contribution in [3.8, 4) is 0 Å². The highest BCUT2D eigenvalue weighted by Gasteiger charge is 2.52. The van der Waals surface area contributed by atoms with Gasteiger partial charge in [-0.2, -0.15) is 4.31 Å². The standard InChI is InChI=1S/C15H24BNO4S2/c1-14(2)15(3,4)21-16(20-14)12-8-9-13(22-12)23(18,19)17-10-6-5-7-11-17/h8-9H,5-7,10-11H2,1-4H3. The van der Waals surface area contributed by atoms with Gasteiger partial charge >= 0.3 is 7.12 Å². The topological polar surface area (TPSA) is 55.8 Å². The molecule has 0 N–H and O–H groups in total. The van der Waals surface area contributed by atoms with Crippen molar-refractivity contribution >= 4 is 33.3 Å². The predicted molar refractivity (Wildman–Crippen MR) is 92.6 cm³/mol. The van der Waals surface area contributed by atoms with E-state index in [0.717, 1.165) is 24.0 Å². The second-order valence-corrected chi connectivity index (χ2v) is 10.5. The van der Waals surface area contributed by atoms with Gasteiger partial charge in [-0.15, -0.1) is 11.3 Å². The zero-order chi connectivity index (χ0) is 16.9. The second-order valence-electron chi connectivity index (χ2n) is 7.21. The van der Waals surface area contributed by atoms with Crippen molar-refractivity contribution < 1.29 is 17.7 Å². The van der Waals surface area contributed by atoms with Crippen molar-refractivity contribution in [3.05, 3.63) is 12.1 Å². The lowest BCUT2D eigenvalue weighted by atomic mass is 9.88. The number of nitrogens with zero attached hydrogens (tertiary/aromatic N) is 1. The maximum absolute atomic E-state index is 12.7. The molecule has 1 aromatic rings. The molecule has 2 fully saturated rings. The van der Waals surface area contributed by atoms with E-state index in [-0.39, 0.29) is 0 Å². The van der Waals surface area contributed by atoms with Gasteiger partial charge in [-0.1, -0.05) is 12.5 Å². The van der Waals surface area contributed by atoms with Crippen LogP contribution >= 0.6 is 11.3 Å². The summed E-state index contributed by atoms with van der Waals surface area (Å²) >= 11 is 1.25. The Morgan fingerprint density at radius 2 is 1.61 bits per heavy atom. The molecular formula is C15H24BNO4S2. The molecule has 2 saturated heterocycles. The average Bonchev–Trinajstić information content (AvgIpc) is 3.04. The average molecular weight is 357 g/mol. The third-order valence-electron chi connectivity index (χ3n) is 5.00. The van der Waals surface area contributed by atoms with E-state index in [1.54, 1.807) is 10.4 Å². The molecule has 0 saturated carbocycles. The molecule has 128 valence electrons. The largest absolute Gasteiger partial charge is 0.505 e. The van der Waals surface area contributed by atoms with Crippen molar-refractivity contribution in [3.63, 3.8) is 0 Å². The van der Waals surface area contributed by atoms with Crippen LogP contribution in [0, 0.1) is 0 Å². The minimum atomic E-state index is -3.39. The van der Waals surface area contributed by atoms with E-state index in [4.69, 9.17) is 9.31 Å². The molecule has 3 heterocycles. The lowest BCUT2D eigenvalue weighted by molar-refractivity contribution is 0.00578. The van der Waals surface area contributed by atoms with E-state index in [1.165, 1.54) is 11.3 Å². The summed E-state index contributed by atoms with van der Waals surface area (Å²) in [5.41, 5.74) is -0.846. The summed E-state index contributed by atoms with van der Waals surface area (Å²) in [6.07, 6.45) is 2.99. The first kappa shape index (κ1) is 17.4. The number of rotatable bonds is 3. The van der Waals surface area contributed by atoms with Crippen molar-refractivity contribution in [2.24, 2.45) is 0 Å². The summed E-state index contributed by atoms with van der Waals surface area (Å²) in [6, 6.07) is 3.48. The van der Waals surface area contributed by atoms with Crippen molar-refractivity contribution in [2.75, 3.05) is 13.1 Å². The first-order chi connectivity index (χ1) is 10.6. The summed E-state index contributed by atoms with van der Waals surface area (Å²) in [5, 5.41) is 0. The quantitative estimate of drug-likeness (QED) is 0.779. The highest BCUT2D eigenvalue weighted by molar-refractivity contribution is 7.91. The molecule has 2 aliphatic rings. The summed E-state index contributed by atoms with van der Waals surface area (Å²) in [5.74, 6) is 0. The van der Waals surface area contributed by atoms with Gasteiger partial charge < -0.3 is 9.31 Å². The fraction of sp³-hybridized carbons (Fsp3) is 0.733. The minimum Gasteiger partial charge on any atom is -0.399 e. The molecule has 0 bridgehead atoms. The van der Waals surface area contributed by atoms with Gasteiger partial charge in [0, 0.05) is 17.9 Å². The summed E-state index contributed by atoms with van der Waals surface area (Å²) < 4.78 is 40.2. The van der Waals surface area contributed by atoms with Gasteiger partial charge in [0.15, 0.2) is 0 Å². The van der Waals surface area contributed by atoms with Crippen LogP contribution in [0.15, 0.2) is 16.3 Å². The molecule has 8 heteroatoms. The monoisotopic (exact) mass is 357 g/mol. The SMILES string of the molecule is CC1(C)OB(c2ccc(S(=O)(=O)N3CCCCC3)s2)OC1(C)C. The predicted octanol–water partition coefficient (Wildman–Crippen LogP) is 2.22. The van der Waals surface area contributed by atoms with Gasteiger partial charge in [-0.05, 0) is 46.6 Å². The first-order valence-corrected chi connectivity index (χ1v) is 10.3. The molecule has 1 aromatic heterocycles. The Morgan fingerprint density at radius 1 is 1.04 bits per heavy atom. The van der Waals surface area contributed by atoms with Gasteiger partial charge in [0.2, 0.25) is 0 Å². The fourth-order valence-corrected chi connectivity index (χ4v) is 5.75. The van der Waals surface area contributed by atoms with Crippen LogP contribution in [0.1, 0.15) is 47.0 Å². The minimum absolute atomic E-state index is 0.379. The molecule has 2 aliphatic heterocycles. The third-order valence-corrected chi connectivity index (χ3v) is 8.47. The van der Waals surface area contributed by atoms with E-state index in [1.807, 2.05) is 33.8 Å². The van der Waals surface area contributed by atoms with Gasteiger partial charge in [0.25, 0.3) is 10.0 Å². The van der Waals surface area contributed by atoms with Crippen molar-refractivity contribution in [1.29, 1.82) is 0 Å². The fourth-order valence-electron chi connectivity index (χ4n) is 2.79. The van der Waals surface area contributed by atoms with Crippen LogP contribution in [0.3, 0.4) is 0 Å². The van der Waals surface area contributed by atoms with Gasteiger partial charge in [0.1, 0.15) is 4.21 Å². The lowest BCUT2D eigenvalue weighted by Gasteiger charge is -2.32. The van der Waals surface area contributed by atoms with Gasteiger partial charge in [0.05, 0.1) is 11.2 Å². The lowest BCUT2D eigenvalue weighted by Crippen LogP contribution is -2.41. The number of thiophene rings is 1. The van der Waals surface area contributed by atoms with Crippen LogP contribution in [0.25, 0.3) is 0 Å². The molecule has 5 nitrogen and oxygen atoms in total. The molecule has 0 spiro atoms. The Hall–Kier alpha value is -0.405. The smallest absolute Gasteiger partial charge is 0.399 e. The van der Waals surface area contributed by atoms with Gasteiger partial charge in [-0.3, -0.25) is 0 Å². The highest BCUT2D eigenvalue weighted by atomic mass is 32.2. The van der Waals surface area contributed by atoms with Crippen molar-refractivity contribution in [2.45, 2.75) is 62.4 Å². The molecular weight excluding hydrogens is 333 g/mol. The van der Waals surface area contributed by atoms with Crippen LogP contribution in [0.2, 0.25) is 0 Å². The zero-order valence-electron chi connectivity index (χ0n) is 14.2. The number of piperidine rings is 1. The molecule has 0 aliphatic carbocycles. The van der Waals surface area contributed by atoms with Crippen LogP contribution in [-0.4, -0.2) is 44.1 Å². The summed E-state index contributed by atoms with van der Waals surface area (Å²) in [4.78, 5) is 0. The molecule has 0 unspecified atom stereocenters. The number of hydrogen-bond acceptors (Lipinski definition) is 5. The maximum Gasteiger partial charge on any atom is 0.505 e.